The Morgan fingerprint density at radius 3 is 2.54 bits per heavy atom. The fourth-order valence-corrected chi connectivity index (χ4v) is 5.98. The van der Waals surface area contributed by atoms with Gasteiger partial charge in [0.25, 0.3) is 5.91 Å². The van der Waals surface area contributed by atoms with Crippen LogP contribution in [0.4, 0.5) is 0 Å². The van der Waals surface area contributed by atoms with Crippen molar-refractivity contribution in [3.8, 4) is 0 Å². The zero-order chi connectivity index (χ0) is 17.3. The molecule has 1 fully saturated rings. The van der Waals surface area contributed by atoms with Gasteiger partial charge in [-0.1, -0.05) is 41.4 Å². The highest BCUT2D eigenvalue weighted by molar-refractivity contribution is 7.91. The number of carbonyl (C=O) groups excluding carboxylic acids is 1. The molecule has 1 saturated heterocycles. The Morgan fingerprint density at radius 1 is 1.12 bits per heavy atom. The van der Waals surface area contributed by atoms with Gasteiger partial charge in [0.15, 0.2) is 9.84 Å². The van der Waals surface area contributed by atoms with E-state index in [2.05, 4.69) is 0 Å². The lowest BCUT2D eigenvalue weighted by molar-refractivity contribution is 0.0771. The molecular weight excluding hydrogens is 389 g/mol. The Balaban J connectivity index is 1.85. The van der Waals surface area contributed by atoms with Crippen LogP contribution >= 0.6 is 34.5 Å². The van der Waals surface area contributed by atoms with Crippen LogP contribution in [-0.2, 0) is 9.84 Å². The molecule has 24 heavy (non-hydrogen) atoms. The van der Waals surface area contributed by atoms with Crippen molar-refractivity contribution in [1.82, 2.24) is 4.90 Å². The molecule has 1 aliphatic rings. The molecule has 1 atom stereocenters. The van der Waals surface area contributed by atoms with Gasteiger partial charge in [0.05, 0.1) is 20.2 Å². The Morgan fingerprint density at radius 2 is 1.88 bits per heavy atom. The van der Waals surface area contributed by atoms with E-state index in [0.29, 0.717) is 32.8 Å². The molecule has 0 aliphatic carbocycles. The molecule has 2 aromatic rings. The number of rotatable bonds is 2. The molecule has 0 spiro atoms. The zero-order valence-corrected chi connectivity index (χ0v) is 15.8. The largest absolute Gasteiger partial charge is 0.337 e. The number of carbonyl (C=O) groups is 1. The van der Waals surface area contributed by atoms with Crippen LogP contribution in [0.2, 0.25) is 9.36 Å². The highest BCUT2D eigenvalue weighted by Gasteiger charge is 2.34. The highest BCUT2D eigenvalue weighted by atomic mass is 35.5. The maximum atomic E-state index is 12.6. The number of thiophene rings is 1. The summed E-state index contributed by atoms with van der Waals surface area (Å²) in [5.41, 5.74) is 0.604. The van der Waals surface area contributed by atoms with Gasteiger partial charge in [-0.2, -0.15) is 0 Å². The van der Waals surface area contributed by atoms with Crippen LogP contribution in [-0.4, -0.2) is 38.1 Å². The summed E-state index contributed by atoms with van der Waals surface area (Å²) in [6, 6.07) is 10.3. The lowest BCUT2D eigenvalue weighted by atomic mass is 10.1. The second-order valence-corrected chi connectivity index (χ2v) is 9.99. The summed E-state index contributed by atoms with van der Waals surface area (Å²) in [4.78, 5) is 14.6. The van der Waals surface area contributed by atoms with Gasteiger partial charge in [-0.15, -0.1) is 11.3 Å². The van der Waals surface area contributed by atoms with Crippen molar-refractivity contribution in [3.63, 3.8) is 0 Å². The van der Waals surface area contributed by atoms with Gasteiger partial charge in [-0.05, 0) is 30.2 Å². The molecule has 0 saturated carbocycles. The molecule has 8 heteroatoms. The van der Waals surface area contributed by atoms with Crippen LogP contribution in [0, 0.1) is 0 Å². The van der Waals surface area contributed by atoms with Gasteiger partial charge in [0, 0.05) is 18.1 Å². The standard InChI is InChI=1S/C16H15Cl2NO3S2/c17-12-4-2-1-3-11(12)14-7-8-19(9-10-24(14,21)22)16(20)13-5-6-15(18)23-13/h1-6,14H,7-10H2/t14-/m1/s1. The van der Waals surface area contributed by atoms with E-state index in [-0.39, 0.29) is 18.2 Å². The molecule has 1 aliphatic heterocycles. The summed E-state index contributed by atoms with van der Waals surface area (Å²) in [6.45, 7) is 0.543. The maximum absolute atomic E-state index is 12.6. The number of halogens is 2. The topological polar surface area (TPSA) is 54.5 Å². The molecule has 128 valence electrons. The first kappa shape index (κ1) is 17.7. The molecule has 1 aromatic heterocycles. The summed E-state index contributed by atoms with van der Waals surface area (Å²) >= 11 is 13.3. The van der Waals surface area contributed by atoms with Crippen molar-refractivity contribution in [1.29, 1.82) is 0 Å². The second-order valence-electron chi connectivity index (χ2n) is 5.56. The average molecular weight is 404 g/mol. The summed E-state index contributed by atoms with van der Waals surface area (Å²) in [7, 11) is -3.38. The molecule has 0 bridgehead atoms. The molecule has 2 heterocycles. The van der Waals surface area contributed by atoms with Crippen LogP contribution in [0.3, 0.4) is 0 Å². The lowest BCUT2D eigenvalue weighted by Crippen LogP contribution is -2.33. The van der Waals surface area contributed by atoms with Crippen molar-refractivity contribution in [3.05, 3.63) is 56.2 Å². The SMILES string of the molecule is O=C(c1ccc(Cl)s1)N1CC[C@H](c2ccccc2Cl)S(=O)(=O)CC1. The average Bonchev–Trinajstić information content (AvgIpc) is 2.90. The number of amides is 1. The van der Waals surface area contributed by atoms with E-state index in [9.17, 15) is 13.2 Å². The van der Waals surface area contributed by atoms with E-state index >= 15 is 0 Å². The summed E-state index contributed by atoms with van der Waals surface area (Å²) in [6.07, 6.45) is 0.330. The van der Waals surface area contributed by atoms with E-state index in [0.717, 1.165) is 0 Å². The normalized spacial score (nSPS) is 20.6. The van der Waals surface area contributed by atoms with E-state index in [4.69, 9.17) is 23.2 Å². The minimum Gasteiger partial charge on any atom is -0.337 e. The second kappa shape index (κ2) is 7.04. The quantitative estimate of drug-likeness (QED) is 0.759. The zero-order valence-electron chi connectivity index (χ0n) is 12.6. The third-order valence-corrected chi connectivity index (χ3v) is 7.74. The summed E-state index contributed by atoms with van der Waals surface area (Å²) < 4.78 is 25.8. The predicted molar refractivity (Wildman–Crippen MR) is 97.8 cm³/mol. The first-order chi connectivity index (χ1) is 11.4. The van der Waals surface area contributed by atoms with Crippen molar-refractivity contribution in [2.75, 3.05) is 18.8 Å². The molecule has 4 nitrogen and oxygen atoms in total. The minimum atomic E-state index is -3.38. The Kier molecular flexibility index (Phi) is 5.20. The lowest BCUT2D eigenvalue weighted by Gasteiger charge is -2.19. The first-order valence-corrected chi connectivity index (χ1v) is 10.7. The number of hydrogen-bond acceptors (Lipinski definition) is 4. The van der Waals surface area contributed by atoms with Crippen LogP contribution in [0.1, 0.15) is 26.9 Å². The third-order valence-electron chi connectivity index (χ3n) is 4.06. The molecular formula is C16H15Cl2NO3S2. The van der Waals surface area contributed by atoms with E-state index in [1.807, 2.05) is 0 Å². The van der Waals surface area contributed by atoms with Crippen molar-refractivity contribution < 1.29 is 13.2 Å². The summed E-state index contributed by atoms with van der Waals surface area (Å²) in [5, 5.41) is -0.244. The van der Waals surface area contributed by atoms with Gasteiger partial charge < -0.3 is 4.90 Å². The van der Waals surface area contributed by atoms with Crippen molar-refractivity contribution in [2.45, 2.75) is 11.7 Å². The molecule has 1 aromatic carbocycles. The molecule has 3 rings (SSSR count). The fraction of sp³-hybridized carbons (Fsp3) is 0.312. The fourth-order valence-electron chi connectivity index (χ4n) is 2.82. The Hall–Kier alpha value is -1.08. The number of benzene rings is 1. The predicted octanol–water partition coefficient (Wildman–Crippen LogP) is 4.06. The van der Waals surface area contributed by atoms with Crippen LogP contribution < -0.4 is 0 Å². The first-order valence-electron chi connectivity index (χ1n) is 7.39. The van der Waals surface area contributed by atoms with E-state index < -0.39 is 15.1 Å². The van der Waals surface area contributed by atoms with Crippen LogP contribution in [0.5, 0.6) is 0 Å². The molecule has 1 amide bonds. The van der Waals surface area contributed by atoms with Gasteiger partial charge in [0.2, 0.25) is 0 Å². The Bertz CT molecular complexity index is 864. The number of sulfone groups is 1. The third kappa shape index (κ3) is 3.61. The van der Waals surface area contributed by atoms with Gasteiger partial charge in [0.1, 0.15) is 0 Å². The van der Waals surface area contributed by atoms with Gasteiger partial charge in [-0.25, -0.2) is 8.42 Å². The molecule has 0 radical (unpaired) electrons. The van der Waals surface area contributed by atoms with Crippen molar-refractivity contribution >= 4 is 50.3 Å². The number of nitrogens with zero attached hydrogens (tertiary/aromatic N) is 1. The van der Waals surface area contributed by atoms with Crippen molar-refractivity contribution in [2.24, 2.45) is 0 Å². The molecule has 0 unspecified atom stereocenters. The summed E-state index contributed by atoms with van der Waals surface area (Å²) in [5.74, 6) is -0.254. The molecule has 0 N–H and O–H groups in total. The van der Waals surface area contributed by atoms with Crippen LogP contribution in [0.25, 0.3) is 0 Å². The van der Waals surface area contributed by atoms with E-state index in [1.54, 1.807) is 41.3 Å². The van der Waals surface area contributed by atoms with Gasteiger partial charge >= 0.3 is 0 Å². The Labute approximate surface area is 154 Å². The van der Waals surface area contributed by atoms with E-state index in [1.165, 1.54) is 11.3 Å². The van der Waals surface area contributed by atoms with Crippen LogP contribution in [0.15, 0.2) is 36.4 Å². The van der Waals surface area contributed by atoms with Gasteiger partial charge in [-0.3, -0.25) is 4.79 Å². The number of hydrogen-bond donors (Lipinski definition) is 0. The smallest absolute Gasteiger partial charge is 0.264 e. The minimum absolute atomic E-state index is 0.0757. The monoisotopic (exact) mass is 403 g/mol. The maximum Gasteiger partial charge on any atom is 0.264 e. The highest BCUT2D eigenvalue weighted by Crippen LogP contribution is 2.34.